The second-order valence-electron chi connectivity index (χ2n) is 5.33. The predicted molar refractivity (Wildman–Crippen MR) is 102 cm³/mol. The maximum atomic E-state index is 12.3. The van der Waals surface area contributed by atoms with Gasteiger partial charge in [0.05, 0.1) is 6.61 Å². The van der Waals surface area contributed by atoms with Gasteiger partial charge < -0.3 is 15.0 Å². The molecule has 4 nitrogen and oxygen atoms in total. The molecule has 3 rings (SSSR count). The van der Waals surface area contributed by atoms with Crippen molar-refractivity contribution in [2.24, 2.45) is 0 Å². The average Bonchev–Trinajstić information content (AvgIpc) is 3.02. The van der Waals surface area contributed by atoms with Gasteiger partial charge in [0.25, 0.3) is 0 Å². The van der Waals surface area contributed by atoms with Crippen molar-refractivity contribution in [3.8, 4) is 11.3 Å². The second kappa shape index (κ2) is 7.64. The molecule has 0 fully saturated rings. The van der Waals surface area contributed by atoms with Crippen molar-refractivity contribution < 1.29 is 9.53 Å². The number of hydrogen-bond donors (Lipinski definition) is 2. The van der Waals surface area contributed by atoms with Crippen LogP contribution in [0.25, 0.3) is 11.3 Å². The van der Waals surface area contributed by atoms with Crippen LogP contribution in [0.15, 0.2) is 54.6 Å². The van der Waals surface area contributed by atoms with Crippen molar-refractivity contribution in [3.63, 3.8) is 0 Å². The molecule has 0 aliphatic heterocycles. The van der Waals surface area contributed by atoms with Crippen molar-refractivity contribution in [2.75, 3.05) is 11.9 Å². The number of halogens is 2. The summed E-state index contributed by atoms with van der Waals surface area (Å²) in [6.45, 7) is 2.08. The molecule has 2 aromatic carbocycles. The lowest BCUT2D eigenvalue weighted by Crippen LogP contribution is -2.06. The molecular weight excluding hydrogens is 359 g/mol. The Bertz CT molecular complexity index is 871. The minimum absolute atomic E-state index is 0.306. The van der Waals surface area contributed by atoms with Crippen LogP contribution in [-0.2, 0) is 4.74 Å². The number of ether oxygens (including phenoxy) is 1. The Morgan fingerprint density at radius 3 is 2.24 bits per heavy atom. The highest BCUT2D eigenvalue weighted by molar-refractivity contribution is 6.30. The average molecular weight is 375 g/mol. The van der Waals surface area contributed by atoms with Gasteiger partial charge in [-0.15, -0.1) is 0 Å². The fraction of sp³-hybridized carbons (Fsp3) is 0.105. The lowest BCUT2D eigenvalue weighted by Gasteiger charge is -2.07. The van der Waals surface area contributed by atoms with E-state index in [1.807, 2.05) is 24.3 Å². The first-order chi connectivity index (χ1) is 12.1. The van der Waals surface area contributed by atoms with Gasteiger partial charge in [-0.3, -0.25) is 0 Å². The fourth-order valence-corrected chi connectivity index (χ4v) is 2.64. The van der Waals surface area contributed by atoms with Gasteiger partial charge in [-0.05, 0) is 55.0 Å². The number of H-pyrrole nitrogens is 1. The fourth-order valence-electron chi connectivity index (χ4n) is 2.39. The summed E-state index contributed by atoms with van der Waals surface area (Å²) in [7, 11) is 0. The van der Waals surface area contributed by atoms with Gasteiger partial charge in [-0.2, -0.15) is 0 Å². The molecule has 0 saturated heterocycles. The third-order valence-electron chi connectivity index (χ3n) is 3.58. The van der Waals surface area contributed by atoms with Crippen LogP contribution in [0, 0.1) is 0 Å². The van der Waals surface area contributed by atoms with E-state index in [2.05, 4.69) is 10.3 Å². The van der Waals surface area contributed by atoms with E-state index in [1.165, 1.54) is 0 Å². The first-order valence-corrected chi connectivity index (χ1v) is 8.51. The smallest absolute Gasteiger partial charge is 0.341 e. The summed E-state index contributed by atoms with van der Waals surface area (Å²) in [5, 5.41) is 4.50. The quantitative estimate of drug-likeness (QED) is 0.545. The van der Waals surface area contributed by atoms with Crippen LogP contribution in [0.4, 0.5) is 11.5 Å². The van der Waals surface area contributed by atoms with E-state index < -0.39 is 5.97 Å². The monoisotopic (exact) mass is 374 g/mol. The molecule has 3 aromatic rings. The Hall–Kier alpha value is -2.43. The lowest BCUT2D eigenvalue weighted by atomic mass is 10.1. The third-order valence-corrected chi connectivity index (χ3v) is 4.09. The number of anilines is 2. The van der Waals surface area contributed by atoms with Gasteiger partial charge in [0.1, 0.15) is 11.4 Å². The molecule has 128 valence electrons. The number of carbonyl (C=O) groups is 1. The van der Waals surface area contributed by atoms with Gasteiger partial charge in [0, 0.05) is 21.4 Å². The number of benzene rings is 2. The van der Waals surface area contributed by atoms with Crippen LogP contribution < -0.4 is 5.32 Å². The molecular formula is C19H16Cl2N2O2. The summed E-state index contributed by atoms with van der Waals surface area (Å²) in [6, 6.07) is 16.3. The summed E-state index contributed by atoms with van der Waals surface area (Å²) in [5.41, 5.74) is 2.94. The Morgan fingerprint density at radius 1 is 1.04 bits per heavy atom. The number of nitrogens with one attached hydrogen (secondary N) is 2. The molecule has 0 radical (unpaired) electrons. The first-order valence-electron chi connectivity index (χ1n) is 7.75. The largest absolute Gasteiger partial charge is 0.462 e. The Balaban J connectivity index is 1.97. The summed E-state index contributed by atoms with van der Waals surface area (Å²) < 4.78 is 5.15. The minimum atomic E-state index is -0.393. The Kier molecular flexibility index (Phi) is 5.31. The van der Waals surface area contributed by atoms with Crippen molar-refractivity contribution in [1.29, 1.82) is 0 Å². The molecule has 6 heteroatoms. The van der Waals surface area contributed by atoms with Crippen LogP contribution >= 0.6 is 23.2 Å². The van der Waals surface area contributed by atoms with E-state index in [0.717, 1.165) is 16.9 Å². The highest BCUT2D eigenvalue weighted by Crippen LogP contribution is 2.29. The summed E-state index contributed by atoms with van der Waals surface area (Å²) in [5.74, 6) is 0.168. The zero-order valence-electron chi connectivity index (χ0n) is 13.5. The van der Waals surface area contributed by atoms with Crippen molar-refractivity contribution >= 4 is 40.7 Å². The summed E-state index contributed by atoms with van der Waals surface area (Å²) in [6.07, 6.45) is 0. The zero-order chi connectivity index (χ0) is 17.8. The van der Waals surface area contributed by atoms with Crippen LogP contribution in [0.1, 0.15) is 17.3 Å². The Morgan fingerprint density at radius 2 is 1.64 bits per heavy atom. The SMILES string of the molecule is CCOC(=O)c1cc(-c2ccc(Cl)cc2)[nH]c1Nc1ccc(Cl)cc1. The van der Waals surface area contributed by atoms with Crippen LogP contribution in [0.2, 0.25) is 10.0 Å². The molecule has 0 unspecified atom stereocenters. The maximum Gasteiger partial charge on any atom is 0.341 e. The normalized spacial score (nSPS) is 10.5. The number of carbonyl (C=O) groups excluding carboxylic acids is 1. The minimum Gasteiger partial charge on any atom is -0.462 e. The molecule has 0 aliphatic carbocycles. The first kappa shape index (κ1) is 17.4. The number of aromatic amines is 1. The molecule has 0 atom stereocenters. The highest BCUT2D eigenvalue weighted by Gasteiger charge is 2.17. The number of aromatic nitrogens is 1. The predicted octanol–water partition coefficient (Wildman–Crippen LogP) is 5.91. The molecule has 1 heterocycles. The molecule has 0 aliphatic rings. The summed E-state index contributed by atoms with van der Waals surface area (Å²) >= 11 is 11.9. The van der Waals surface area contributed by atoms with Crippen LogP contribution in [0.3, 0.4) is 0 Å². The number of esters is 1. The standard InChI is InChI=1S/C19H16Cl2N2O2/c1-2-25-19(24)16-11-17(12-3-5-13(20)6-4-12)23-18(16)22-15-9-7-14(21)8-10-15/h3-11,22-23H,2H2,1H3. The Labute approximate surface area is 155 Å². The van der Waals surface area contributed by atoms with E-state index in [0.29, 0.717) is 28.0 Å². The lowest BCUT2D eigenvalue weighted by molar-refractivity contribution is 0.0528. The molecule has 25 heavy (non-hydrogen) atoms. The number of hydrogen-bond acceptors (Lipinski definition) is 3. The van der Waals surface area contributed by atoms with E-state index in [9.17, 15) is 4.79 Å². The molecule has 0 amide bonds. The topological polar surface area (TPSA) is 54.1 Å². The van der Waals surface area contributed by atoms with Gasteiger partial charge in [0.15, 0.2) is 0 Å². The van der Waals surface area contributed by atoms with E-state index >= 15 is 0 Å². The molecule has 2 N–H and O–H groups in total. The molecule has 0 saturated carbocycles. The zero-order valence-corrected chi connectivity index (χ0v) is 15.0. The maximum absolute atomic E-state index is 12.3. The summed E-state index contributed by atoms with van der Waals surface area (Å²) in [4.78, 5) is 15.5. The van der Waals surface area contributed by atoms with Gasteiger partial charge in [-0.1, -0.05) is 35.3 Å². The number of rotatable bonds is 5. The third kappa shape index (κ3) is 4.16. The van der Waals surface area contributed by atoms with Crippen molar-refractivity contribution in [1.82, 2.24) is 4.98 Å². The van der Waals surface area contributed by atoms with Crippen molar-refractivity contribution in [3.05, 3.63) is 70.2 Å². The molecule has 0 bridgehead atoms. The molecule has 0 spiro atoms. The van der Waals surface area contributed by atoms with Gasteiger partial charge in [0.2, 0.25) is 0 Å². The van der Waals surface area contributed by atoms with E-state index in [-0.39, 0.29) is 0 Å². The second-order valence-corrected chi connectivity index (χ2v) is 6.20. The van der Waals surface area contributed by atoms with Crippen LogP contribution in [0.5, 0.6) is 0 Å². The molecule has 1 aromatic heterocycles. The van der Waals surface area contributed by atoms with Crippen LogP contribution in [-0.4, -0.2) is 17.6 Å². The highest BCUT2D eigenvalue weighted by atomic mass is 35.5. The van der Waals surface area contributed by atoms with E-state index in [4.69, 9.17) is 27.9 Å². The van der Waals surface area contributed by atoms with Gasteiger partial charge in [-0.25, -0.2) is 4.79 Å². The van der Waals surface area contributed by atoms with E-state index in [1.54, 1.807) is 37.3 Å². The van der Waals surface area contributed by atoms with Crippen molar-refractivity contribution in [2.45, 2.75) is 6.92 Å². The van der Waals surface area contributed by atoms with Gasteiger partial charge >= 0.3 is 5.97 Å².